The van der Waals surface area contributed by atoms with Gasteiger partial charge in [0, 0.05) is 24.5 Å². The normalized spacial score (nSPS) is 26.4. The van der Waals surface area contributed by atoms with Crippen LogP contribution in [0.15, 0.2) is 10.9 Å². The van der Waals surface area contributed by atoms with E-state index in [1.165, 1.54) is 31.4 Å². The van der Waals surface area contributed by atoms with Gasteiger partial charge in [0.05, 0.1) is 11.2 Å². The van der Waals surface area contributed by atoms with E-state index in [0.29, 0.717) is 6.04 Å². The third-order valence-electron chi connectivity index (χ3n) is 4.31. The highest BCUT2D eigenvalue weighted by Crippen LogP contribution is 2.32. The van der Waals surface area contributed by atoms with Gasteiger partial charge >= 0.3 is 0 Å². The summed E-state index contributed by atoms with van der Waals surface area (Å²) in [6, 6.07) is 0.513. The van der Waals surface area contributed by atoms with E-state index in [1.54, 1.807) is 11.3 Å². The second-order valence-electron chi connectivity index (χ2n) is 5.72. The number of likely N-dealkylation sites (N-methyl/N-ethyl adjacent to an activating group) is 1. The van der Waals surface area contributed by atoms with Crippen LogP contribution in [-0.2, 0) is 6.54 Å². The van der Waals surface area contributed by atoms with Crippen LogP contribution in [0.5, 0.6) is 0 Å². The van der Waals surface area contributed by atoms with E-state index in [2.05, 4.69) is 29.2 Å². The average Bonchev–Trinajstić information content (AvgIpc) is 2.85. The lowest BCUT2D eigenvalue weighted by molar-refractivity contribution is 0.129. The third kappa shape index (κ3) is 3.53. The number of aromatic nitrogens is 1. The molecule has 1 aliphatic carbocycles. The molecule has 0 aliphatic heterocycles. The van der Waals surface area contributed by atoms with E-state index in [0.717, 1.165) is 24.9 Å². The van der Waals surface area contributed by atoms with Crippen molar-refractivity contribution in [3.8, 4) is 0 Å². The Bertz CT molecular complexity index is 331. The lowest BCUT2D eigenvalue weighted by Crippen LogP contribution is -2.44. The maximum atomic E-state index is 6.01. The van der Waals surface area contributed by atoms with Gasteiger partial charge in [-0.1, -0.05) is 19.8 Å². The van der Waals surface area contributed by atoms with E-state index in [4.69, 9.17) is 5.73 Å². The van der Waals surface area contributed by atoms with Gasteiger partial charge in [-0.15, -0.1) is 11.3 Å². The molecule has 1 aliphatic rings. The molecule has 0 radical (unpaired) electrons. The molecule has 2 rings (SSSR count). The van der Waals surface area contributed by atoms with Crippen molar-refractivity contribution >= 4 is 11.3 Å². The fourth-order valence-electron chi connectivity index (χ4n) is 3.09. The van der Waals surface area contributed by atoms with Crippen molar-refractivity contribution in [2.24, 2.45) is 17.6 Å². The van der Waals surface area contributed by atoms with E-state index in [9.17, 15) is 0 Å². The van der Waals surface area contributed by atoms with Gasteiger partial charge in [-0.05, 0) is 31.7 Å². The maximum absolute atomic E-state index is 6.01. The fourth-order valence-corrected chi connectivity index (χ4v) is 3.64. The fraction of sp³-hybridized carbons (Fsp3) is 0.786. The first-order valence-electron chi connectivity index (χ1n) is 6.98. The average molecular weight is 267 g/mol. The highest BCUT2D eigenvalue weighted by molar-refractivity contribution is 7.07. The Labute approximate surface area is 114 Å². The monoisotopic (exact) mass is 267 g/mol. The van der Waals surface area contributed by atoms with Crippen molar-refractivity contribution in [3.63, 3.8) is 0 Å². The Balaban J connectivity index is 1.91. The maximum Gasteiger partial charge on any atom is 0.0795 e. The number of thiazole rings is 1. The first-order valence-corrected chi connectivity index (χ1v) is 7.92. The summed E-state index contributed by atoms with van der Waals surface area (Å²) in [6.45, 7) is 4.06. The van der Waals surface area contributed by atoms with Gasteiger partial charge in [0.1, 0.15) is 0 Å². The highest BCUT2D eigenvalue weighted by Gasteiger charge is 2.27. The topological polar surface area (TPSA) is 42.1 Å². The predicted molar refractivity (Wildman–Crippen MR) is 77.5 cm³/mol. The van der Waals surface area contributed by atoms with E-state index in [1.807, 2.05) is 5.51 Å². The lowest BCUT2D eigenvalue weighted by Gasteiger charge is -2.37. The molecule has 1 heterocycles. The smallest absolute Gasteiger partial charge is 0.0795 e. The van der Waals surface area contributed by atoms with Crippen LogP contribution in [0.25, 0.3) is 0 Å². The first-order chi connectivity index (χ1) is 8.70. The number of nitrogens with zero attached hydrogens (tertiary/aromatic N) is 2. The van der Waals surface area contributed by atoms with Crippen LogP contribution in [0.4, 0.5) is 0 Å². The third-order valence-corrected chi connectivity index (χ3v) is 4.94. The minimum atomic E-state index is 0.513. The van der Waals surface area contributed by atoms with Crippen molar-refractivity contribution in [2.45, 2.75) is 45.2 Å². The molecule has 1 unspecified atom stereocenters. The van der Waals surface area contributed by atoms with Crippen LogP contribution in [0.1, 0.15) is 38.3 Å². The molecule has 102 valence electrons. The molecule has 1 aromatic rings. The van der Waals surface area contributed by atoms with Gasteiger partial charge in [-0.2, -0.15) is 0 Å². The summed E-state index contributed by atoms with van der Waals surface area (Å²) >= 11 is 1.67. The van der Waals surface area contributed by atoms with Gasteiger partial charge in [-0.25, -0.2) is 4.98 Å². The Kier molecular flexibility index (Phi) is 5.15. The largest absolute Gasteiger partial charge is 0.329 e. The van der Waals surface area contributed by atoms with Gasteiger partial charge in [0.15, 0.2) is 0 Å². The standard InChI is InChI=1S/C14H25N3S/c1-11-3-5-12(6-4-11)14(7-15)17(2)8-13-9-18-10-16-13/h9-12,14H,3-8,15H2,1-2H3. The molecule has 0 aromatic carbocycles. The Hall–Kier alpha value is -0.450. The Morgan fingerprint density at radius 1 is 1.44 bits per heavy atom. The SMILES string of the molecule is CC1CCC(C(CN)N(C)Cc2cscn2)CC1. The summed E-state index contributed by atoms with van der Waals surface area (Å²) in [5, 5.41) is 2.13. The molecular weight excluding hydrogens is 242 g/mol. The Morgan fingerprint density at radius 2 is 2.17 bits per heavy atom. The molecule has 4 heteroatoms. The van der Waals surface area contributed by atoms with Crippen LogP contribution >= 0.6 is 11.3 Å². The van der Waals surface area contributed by atoms with Gasteiger partial charge in [-0.3, -0.25) is 4.90 Å². The molecule has 0 spiro atoms. The van der Waals surface area contributed by atoms with Crippen molar-refractivity contribution in [2.75, 3.05) is 13.6 Å². The number of rotatable bonds is 5. The van der Waals surface area contributed by atoms with Crippen LogP contribution in [0.3, 0.4) is 0 Å². The summed E-state index contributed by atoms with van der Waals surface area (Å²) < 4.78 is 0. The van der Waals surface area contributed by atoms with Gasteiger partial charge in [0.2, 0.25) is 0 Å². The highest BCUT2D eigenvalue weighted by atomic mass is 32.1. The minimum absolute atomic E-state index is 0.513. The van der Waals surface area contributed by atoms with E-state index >= 15 is 0 Å². The molecule has 0 saturated heterocycles. The van der Waals surface area contributed by atoms with Crippen molar-refractivity contribution < 1.29 is 0 Å². The van der Waals surface area contributed by atoms with Gasteiger partial charge < -0.3 is 5.73 Å². The van der Waals surface area contributed by atoms with Crippen molar-refractivity contribution in [3.05, 3.63) is 16.6 Å². The molecule has 1 atom stereocenters. The molecule has 18 heavy (non-hydrogen) atoms. The molecule has 0 bridgehead atoms. The van der Waals surface area contributed by atoms with Crippen LogP contribution in [0, 0.1) is 11.8 Å². The number of nitrogens with two attached hydrogens (primary N) is 1. The van der Waals surface area contributed by atoms with E-state index in [-0.39, 0.29) is 0 Å². The zero-order chi connectivity index (χ0) is 13.0. The quantitative estimate of drug-likeness (QED) is 0.892. The van der Waals surface area contributed by atoms with Gasteiger partial charge in [0.25, 0.3) is 0 Å². The second kappa shape index (κ2) is 6.64. The van der Waals surface area contributed by atoms with E-state index < -0.39 is 0 Å². The zero-order valence-corrected chi connectivity index (χ0v) is 12.3. The van der Waals surface area contributed by atoms with Crippen LogP contribution < -0.4 is 5.73 Å². The summed E-state index contributed by atoms with van der Waals surface area (Å²) in [5.74, 6) is 1.68. The number of hydrogen-bond donors (Lipinski definition) is 1. The molecule has 1 aromatic heterocycles. The number of hydrogen-bond acceptors (Lipinski definition) is 4. The predicted octanol–water partition coefficient (Wildman–Crippen LogP) is 2.73. The molecule has 2 N–H and O–H groups in total. The first kappa shape index (κ1) is 14.0. The molecule has 1 saturated carbocycles. The summed E-state index contributed by atoms with van der Waals surface area (Å²) in [7, 11) is 2.19. The molecule has 0 amide bonds. The summed E-state index contributed by atoms with van der Waals surface area (Å²) in [4.78, 5) is 6.76. The molecule has 3 nitrogen and oxygen atoms in total. The van der Waals surface area contributed by atoms with Crippen LogP contribution in [-0.4, -0.2) is 29.5 Å². The van der Waals surface area contributed by atoms with Crippen molar-refractivity contribution in [1.29, 1.82) is 0 Å². The van der Waals surface area contributed by atoms with Crippen LogP contribution in [0.2, 0.25) is 0 Å². The minimum Gasteiger partial charge on any atom is -0.329 e. The van der Waals surface area contributed by atoms with Crippen molar-refractivity contribution in [1.82, 2.24) is 9.88 Å². The summed E-state index contributed by atoms with van der Waals surface area (Å²) in [5.41, 5.74) is 9.09. The Morgan fingerprint density at radius 3 is 2.72 bits per heavy atom. The zero-order valence-electron chi connectivity index (χ0n) is 11.5. The molecular formula is C14H25N3S. The summed E-state index contributed by atoms with van der Waals surface area (Å²) in [6.07, 6.45) is 5.41. The molecule has 1 fully saturated rings. The lowest BCUT2D eigenvalue weighted by atomic mass is 9.79. The second-order valence-corrected chi connectivity index (χ2v) is 6.44.